The molecule has 2 heterocycles. The molecule has 4 rings (SSSR count). The summed E-state index contributed by atoms with van der Waals surface area (Å²) in [5.74, 6) is 2.47. The summed E-state index contributed by atoms with van der Waals surface area (Å²) in [6.45, 7) is 14.6. The van der Waals surface area contributed by atoms with Crippen molar-refractivity contribution in [3.05, 3.63) is 28.8 Å². The Morgan fingerprint density at radius 2 is 1.83 bits per heavy atom. The summed E-state index contributed by atoms with van der Waals surface area (Å²) in [7, 11) is 0. The third-order valence-electron chi connectivity index (χ3n) is 8.62. The van der Waals surface area contributed by atoms with Crippen molar-refractivity contribution in [3.8, 4) is 11.5 Å². The molecule has 2 unspecified atom stereocenters. The third-order valence-corrected chi connectivity index (χ3v) is 8.62. The van der Waals surface area contributed by atoms with Crippen LogP contribution in [0, 0.1) is 5.92 Å². The second-order valence-electron chi connectivity index (χ2n) is 11.7. The van der Waals surface area contributed by atoms with Crippen molar-refractivity contribution in [1.29, 1.82) is 0 Å². The van der Waals surface area contributed by atoms with Crippen LogP contribution in [0.5, 0.6) is 11.5 Å². The van der Waals surface area contributed by atoms with Gasteiger partial charge in [-0.1, -0.05) is 46.5 Å². The summed E-state index contributed by atoms with van der Waals surface area (Å²) in [4.78, 5) is 15.4. The van der Waals surface area contributed by atoms with Crippen LogP contribution in [0.25, 0.3) is 5.57 Å². The number of hydrogen-bond donors (Lipinski definition) is 0. The standard InChI is InChI=1S/C31H47NO3.ClH/c1-6-7-8-13-22(2)23(3)24-20-27(34-29(33)16-12-19-32-17-9-10-18-32)30-25-14-11-15-26(25)31(4,5)35-28(30)21-24;/h20-23H,6-19H2,1-5H3;1H. The molecule has 2 aliphatic heterocycles. The van der Waals surface area contributed by atoms with E-state index in [1.54, 1.807) is 0 Å². The van der Waals surface area contributed by atoms with Gasteiger partial charge in [-0.3, -0.25) is 4.79 Å². The summed E-state index contributed by atoms with van der Waals surface area (Å²) in [5.41, 5.74) is 4.70. The molecule has 36 heavy (non-hydrogen) atoms. The van der Waals surface area contributed by atoms with Crippen LogP contribution in [0.4, 0.5) is 0 Å². The molecule has 0 N–H and O–H groups in total. The van der Waals surface area contributed by atoms with E-state index in [-0.39, 0.29) is 24.0 Å². The van der Waals surface area contributed by atoms with E-state index in [1.165, 1.54) is 68.3 Å². The third kappa shape index (κ3) is 6.67. The van der Waals surface area contributed by atoms with Gasteiger partial charge in [-0.05, 0) is 113 Å². The second-order valence-corrected chi connectivity index (χ2v) is 11.7. The first kappa shape index (κ1) is 29.0. The molecule has 0 aromatic heterocycles. The SMILES string of the molecule is CCCCCC(C)C(C)c1cc(OC(=O)CCCN2CCCC2)c2c(c1)OC(C)(C)C1=C2CCC1.Cl. The molecule has 0 saturated carbocycles. The van der Waals surface area contributed by atoms with E-state index >= 15 is 0 Å². The smallest absolute Gasteiger partial charge is 0.311 e. The second kappa shape index (κ2) is 12.8. The highest BCUT2D eigenvalue weighted by atomic mass is 35.5. The van der Waals surface area contributed by atoms with E-state index in [0.29, 0.717) is 18.3 Å². The lowest BCUT2D eigenvalue weighted by molar-refractivity contribution is -0.134. The summed E-state index contributed by atoms with van der Waals surface area (Å²) < 4.78 is 12.8. The first-order valence-corrected chi connectivity index (χ1v) is 14.3. The number of nitrogens with zero attached hydrogens (tertiary/aromatic N) is 1. The number of ether oxygens (including phenoxy) is 2. The van der Waals surface area contributed by atoms with Crippen LogP contribution in [0.1, 0.15) is 122 Å². The lowest BCUT2D eigenvalue weighted by Crippen LogP contribution is -2.34. The number of unbranched alkanes of at least 4 members (excludes halogenated alkanes) is 2. The van der Waals surface area contributed by atoms with Crippen molar-refractivity contribution in [2.75, 3.05) is 19.6 Å². The quantitative estimate of drug-likeness (QED) is 0.168. The van der Waals surface area contributed by atoms with Crippen molar-refractivity contribution in [2.45, 2.75) is 117 Å². The molecular formula is C31H48ClNO3. The number of benzene rings is 1. The van der Waals surface area contributed by atoms with Crippen LogP contribution in [-0.4, -0.2) is 36.1 Å². The van der Waals surface area contributed by atoms with Gasteiger partial charge >= 0.3 is 5.97 Å². The van der Waals surface area contributed by atoms with Crippen LogP contribution in [0.2, 0.25) is 0 Å². The normalized spacial score (nSPS) is 20.2. The van der Waals surface area contributed by atoms with Crippen LogP contribution in [0.15, 0.2) is 17.7 Å². The highest BCUT2D eigenvalue weighted by Gasteiger charge is 2.39. The summed E-state index contributed by atoms with van der Waals surface area (Å²) in [5, 5.41) is 0. The molecule has 1 aromatic rings. The fourth-order valence-corrected chi connectivity index (χ4v) is 6.27. The van der Waals surface area contributed by atoms with Gasteiger partial charge in [0.15, 0.2) is 0 Å². The van der Waals surface area contributed by atoms with E-state index < -0.39 is 0 Å². The van der Waals surface area contributed by atoms with Crippen LogP contribution >= 0.6 is 12.4 Å². The van der Waals surface area contributed by atoms with Gasteiger partial charge in [-0.25, -0.2) is 0 Å². The molecule has 0 spiro atoms. The Labute approximate surface area is 225 Å². The molecule has 1 aliphatic carbocycles. The molecule has 5 heteroatoms. The molecule has 4 nitrogen and oxygen atoms in total. The molecule has 0 amide bonds. The van der Waals surface area contributed by atoms with E-state index in [4.69, 9.17) is 9.47 Å². The van der Waals surface area contributed by atoms with Crippen LogP contribution in [0.3, 0.4) is 0 Å². The molecule has 3 aliphatic rings. The average Bonchev–Trinajstić information content (AvgIpc) is 3.51. The predicted octanol–water partition coefficient (Wildman–Crippen LogP) is 8.32. The lowest BCUT2D eigenvalue weighted by atomic mass is 9.82. The molecule has 2 atom stereocenters. The minimum absolute atomic E-state index is 0. The van der Waals surface area contributed by atoms with E-state index in [0.717, 1.165) is 49.3 Å². The maximum atomic E-state index is 13.0. The zero-order valence-corrected chi connectivity index (χ0v) is 24.1. The summed E-state index contributed by atoms with van der Waals surface area (Å²) in [6.07, 6.45) is 12.2. The largest absolute Gasteiger partial charge is 0.483 e. The molecule has 0 radical (unpaired) electrons. The highest BCUT2D eigenvalue weighted by molar-refractivity contribution is 5.85. The number of carbonyl (C=O) groups is 1. The topological polar surface area (TPSA) is 38.8 Å². The minimum Gasteiger partial charge on any atom is -0.483 e. The number of likely N-dealkylation sites (tertiary alicyclic amines) is 1. The van der Waals surface area contributed by atoms with Gasteiger partial charge in [-0.15, -0.1) is 12.4 Å². The van der Waals surface area contributed by atoms with Gasteiger partial charge in [0.1, 0.15) is 17.1 Å². The zero-order chi connectivity index (χ0) is 25.0. The van der Waals surface area contributed by atoms with Crippen molar-refractivity contribution in [1.82, 2.24) is 4.90 Å². The Bertz CT molecular complexity index is 932. The van der Waals surface area contributed by atoms with E-state index in [1.807, 2.05) is 0 Å². The maximum absolute atomic E-state index is 13.0. The first-order valence-electron chi connectivity index (χ1n) is 14.3. The van der Waals surface area contributed by atoms with Crippen LogP contribution < -0.4 is 9.47 Å². The van der Waals surface area contributed by atoms with Crippen molar-refractivity contribution >= 4 is 23.9 Å². The summed E-state index contributed by atoms with van der Waals surface area (Å²) in [6, 6.07) is 4.40. The number of hydrogen-bond acceptors (Lipinski definition) is 4. The van der Waals surface area contributed by atoms with Crippen molar-refractivity contribution in [2.24, 2.45) is 5.92 Å². The van der Waals surface area contributed by atoms with E-state index in [9.17, 15) is 4.79 Å². The van der Waals surface area contributed by atoms with Crippen molar-refractivity contribution in [3.63, 3.8) is 0 Å². The Balaban J connectivity index is 0.00000361. The number of halogens is 1. The lowest BCUT2D eigenvalue weighted by Gasteiger charge is -2.36. The minimum atomic E-state index is -0.301. The van der Waals surface area contributed by atoms with E-state index in [2.05, 4.69) is 51.7 Å². The zero-order valence-electron chi connectivity index (χ0n) is 23.3. The molecule has 1 aromatic carbocycles. The number of esters is 1. The first-order chi connectivity index (χ1) is 16.8. The Hall–Kier alpha value is -1.52. The highest BCUT2D eigenvalue weighted by Crippen LogP contribution is 2.52. The van der Waals surface area contributed by atoms with Gasteiger partial charge in [0.05, 0.1) is 5.56 Å². The Morgan fingerprint density at radius 1 is 1.08 bits per heavy atom. The van der Waals surface area contributed by atoms with Gasteiger partial charge in [0.25, 0.3) is 0 Å². The van der Waals surface area contributed by atoms with Gasteiger partial charge < -0.3 is 14.4 Å². The molecule has 202 valence electrons. The predicted molar refractivity (Wildman–Crippen MR) is 151 cm³/mol. The van der Waals surface area contributed by atoms with Gasteiger partial charge in [0.2, 0.25) is 0 Å². The average molecular weight is 518 g/mol. The fraction of sp³-hybridized carbons (Fsp3) is 0.710. The number of allylic oxidation sites excluding steroid dienone is 1. The number of carbonyl (C=O) groups excluding carboxylic acids is 1. The molecule has 1 saturated heterocycles. The number of fused-ring (bicyclic) bond motifs is 2. The molecule has 1 fully saturated rings. The van der Waals surface area contributed by atoms with Crippen LogP contribution in [-0.2, 0) is 4.79 Å². The fourth-order valence-electron chi connectivity index (χ4n) is 6.27. The Kier molecular flexibility index (Phi) is 10.3. The van der Waals surface area contributed by atoms with Gasteiger partial charge in [0, 0.05) is 6.42 Å². The molecule has 0 bridgehead atoms. The summed E-state index contributed by atoms with van der Waals surface area (Å²) >= 11 is 0. The monoisotopic (exact) mass is 517 g/mol. The maximum Gasteiger partial charge on any atom is 0.311 e. The number of rotatable bonds is 11. The van der Waals surface area contributed by atoms with Crippen molar-refractivity contribution < 1.29 is 14.3 Å². The molecular weight excluding hydrogens is 470 g/mol. The Morgan fingerprint density at radius 3 is 2.56 bits per heavy atom. The van der Waals surface area contributed by atoms with Gasteiger partial charge in [-0.2, -0.15) is 0 Å².